The predicted molar refractivity (Wildman–Crippen MR) is 113 cm³/mol. The Kier molecular flexibility index (Phi) is 4.29. The maximum Gasteiger partial charge on any atom is 0.334 e. The van der Waals surface area contributed by atoms with Crippen molar-refractivity contribution in [2.24, 2.45) is 0 Å². The van der Waals surface area contributed by atoms with Gasteiger partial charge in [-0.1, -0.05) is 18.2 Å². The number of nitrogen functional groups attached to an aromatic ring is 1. The number of aromatic nitrogens is 3. The largest absolute Gasteiger partial charge is 0.457 e. The van der Waals surface area contributed by atoms with E-state index in [0.29, 0.717) is 17.1 Å². The highest BCUT2D eigenvalue weighted by Gasteiger charge is 2.25. The van der Waals surface area contributed by atoms with Crippen LogP contribution in [0, 0.1) is 0 Å². The quantitative estimate of drug-likeness (QED) is 0.562. The lowest BCUT2D eigenvalue weighted by atomic mass is 10.2. The van der Waals surface area contributed by atoms with E-state index in [1.54, 1.807) is 10.8 Å². The number of hydrogen-bond donors (Lipinski definition) is 2. The Labute approximate surface area is 167 Å². The standard InChI is InChI=1S/C22H21N5O2/c23-21-20-19(11-13-25-21)26(16-10-12-24-14-16)22(28)27(20)15-6-8-18(9-7-15)29-17-4-2-1-3-5-17/h1-9,11,13,16,24H,10,12,14H2,(H2,23,25)/t16-/m1/s1. The van der Waals surface area contributed by atoms with Crippen LogP contribution in [0.25, 0.3) is 16.7 Å². The SMILES string of the molecule is Nc1nccc2c1n(-c1ccc(Oc3ccccc3)cc1)c(=O)n2[C@@H]1CCNC1. The molecule has 2 aromatic heterocycles. The summed E-state index contributed by atoms with van der Waals surface area (Å²) in [6.45, 7) is 1.67. The molecule has 7 heteroatoms. The van der Waals surface area contributed by atoms with Crippen LogP contribution in [0.4, 0.5) is 5.82 Å². The first-order valence-corrected chi connectivity index (χ1v) is 9.64. The molecule has 3 N–H and O–H groups in total. The second kappa shape index (κ2) is 7.10. The molecular weight excluding hydrogens is 366 g/mol. The van der Waals surface area contributed by atoms with Crippen LogP contribution in [0.3, 0.4) is 0 Å². The number of fused-ring (bicyclic) bond motifs is 1. The van der Waals surface area contributed by atoms with Crippen LogP contribution in [0.2, 0.25) is 0 Å². The van der Waals surface area contributed by atoms with Crippen LogP contribution in [-0.4, -0.2) is 27.2 Å². The summed E-state index contributed by atoms with van der Waals surface area (Å²) in [5.74, 6) is 1.80. The van der Waals surface area contributed by atoms with Crippen molar-refractivity contribution < 1.29 is 4.74 Å². The van der Waals surface area contributed by atoms with Crippen molar-refractivity contribution in [3.8, 4) is 17.2 Å². The van der Waals surface area contributed by atoms with Gasteiger partial charge in [0.25, 0.3) is 0 Å². The first-order chi connectivity index (χ1) is 14.2. The summed E-state index contributed by atoms with van der Waals surface area (Å²) in [5.41, 5.74) is 8.25. The molecule has 1 fully saturated rings. The first kappa shape index (κ1) is 17.5. The second-order valence-corrected chi connectivity index (χ2v) is 7.11. The molecule has 1 saturated heterocycles. The number of para-hydroxylation sites is 1. The van der Waals surface area contributed by atoms with Crippen molar-refractivity contribution >= 4 is 16.9 Å². The zero-order valence-corrected chi connectivity index (χ0v) is 15.8. The highest BCUT2D eigenvalue weighted by Crippen LogP contribution is 2.27. The Morgan fingerprint density at radius 3 is 2.52 bits per heavy atom. The molecule has 0 bridgehead atoms. The van der Waals surface area contributed by atoms with Crippen LogP contribution in [0.15, 0.2) is 71.7 Å². The summed E-state index contributed by atoms with van der Waals surface area (Å²) in [4.78, 5) is 17.6. The van der Waals surface area contributed by atoms with Crippen molar-refractivity contribution in [1.29, 1.82) is 0 Å². The molecule has 0 spiro atoms. The molecule has 7 nitrogen and oxygen atoms in total. The molecule has 5 rings (SSSR count). The van der Waals surface area contributed by atoms with Gasteiger partial charge in [-0.25, -0.2) is 9.78 Å². The third-order valence-corrected chi connectivity index (χ3v) is 5.29. The van der Waals surface area contributed by atoms with Crippen LogP contribution in [0.1, 0.15) is 12.5 Å². The van der Waals surface area contributed by atoms with E-state index in [4.69, 9.17) is 10.5 Å². The van der Waals surface area contributed by atoms with E-state index in [0.717, 1.165) is 36.5 Å². The zero-order valence-electron chi connectivity index (χ0n) is 15.8. The van der Waals surface area contributed by atoms with E-state index in [1.165, 1.54) is 0 Å². The Bertz CT molecular complexity index is 1210. The molecule has 0 saturated carbocycles. The first-order valence-electron chi connectivity index (χ1n) is 9.64. The summed E-state index contributed by atoms with van der Waals surface area (Å²) >= 11 is 0. The fourth-order valence-electron chi connectivity index (χ4n) is 3.93. The third kappa shape index (κ3) is 3.05. The van der Waals surface area contributed by atoms with Gasteiger partial charge in [0.2, 0.25) is 0 Å². The number of ether oxygens (including phenoxy) is 1. The van der Waals surface area contributed by atoms with Crippen molar-refractivity contribution in [1.82, 2.24) is 19.4 Å². The molecule has 0 aliphatic carbocycles. The lowest BCUT2D eigenvalue weighted by Gasteiger charge is -2.10. The summed E-state index contributed by atoms with van der Waals surface area (Å²) in [7, 11) is 0. The van der Waals surface area contributed by atoms with E-state index < -0.39 is 0 Å². The van der Waals surface area contributed by atoms with Gasteiger partial charge in [-0.3, -0.25) is 9.13 Å². The van der Waals surface area contributed by atoms with Crippen LogP contribution in [0.5, 0.6) is 11.5 Å². The molecule has 29 heavy (non-hydrogen) atoms. The van der Waals surface area contributed by atoms with Crippen molar-refractivity contribution in [2.75, 3.05) is 18.8 Å². The lowest BCUT2D eigenvalue weighted by molar-refractivity contribution is 0.482. The van der Waals surface area contributed by atoms with Gasteiger partial charge in [-0.15, -0.1) is 0 Å². The molecule has 0 radical (unpaired) electrons. The summed E-state index contributed by atoms with van der Waals surface area (Å²) in [6.07, 6.45) is 2.56. The van der Waals surface area contributed by atoms with Gasteiger partial charge in [-0.2, -0.15) is 0 Å². The minimum Gasteiger partial charge on any atom is -0.457 e. The molecule has 2 aromatic carbocycles. The molecule has 0 unspecified atom stereocenters. The van der Waals surface area contributed by atoms with Gasteiger partial charge in [0.05, 0.1) is 17.2 Å². The summed E-state index contributed by atoms with van der Waals surface area (Å²) in [5, 5.41) is 3.32. The number of nitrogens with zero attached hydrogens (tertiary/aromatic N) is 3. The zero-order chi connectivity index (χ0) is 19.8. The minimum atomic E-state index is -0.106. The minimum absolute atomic E-state index is 0.105. The van der Waals surface area contributed by atoms with Gasteiger partial charge >= 0.3 is 5.69 Å². The maximum absolute atomic E-state index is 13.4. The summed E-state index contributed by atoms with van der Waals surface area (Å²) in [6, 6.07) is 19.0. The van der Waals surface area contributed by atoms with E-state index in [2.05, 4.69) is 10.3 Å². The molecule has 4 aromatic rings. The average Bonchev–Trinajstić information content (AvgIpc) is 3.36. The van der Waals surface area contributed by atoms with Crippen LogP contribution < -0.4 is 21.5 Å². The van der Waals surface area contributed by atoms with Gasteiger partial charge in [0, 0.05) is 12.7 Å². The Hall–Kier alpha value is -3.58. The Morgan fingerprint density at radius 1 is 1.03 bits per heavy atom. The average molecular weight is 387 g/mol. The highest BCUT2D eigenvalue weighted by atomic mass is 16.5. The third-order valence-electron chi connectivity index (χ3n) is 5.29. The van der Waals surface area contributed by atoms with E-state index >= 15 is 0 Å². The van der Waals surface area contributed by atoms with Gasteiger partial charge in [0.1, 0.15) is 22.8 Å². The number of imidazole rings is 1. The smallest absolute Gasteiger partial charge is 0.334 e. The van der Waals surface area contributed by atoms with Crippen LogP contribution in [-0.2, 0) is 0 Å². The number of rotatable bonds is 4. The Balaban J connectivity index is 1.60. The number of nitrogens with two attached hydrogens (primary N) is 1. The fraction of sp³-hybridized carbons (Fsp3) is 0.182. The number of nitrogens with one attached hydrogen (secondary N) is 1. The second-order valence-electron chi connectivity index (χ2n) is 7.11. The molecular formula is C22H21N5O2. The highest BCUT2D eigenvalue weighted by molar-refractivity contribution is 5.87. The van der Waals surface area contributed by atoms with Crippen molar-refractivity contribution in [3.05, 3.63) is 77.3 Å². The molecule has 3 heterocycles. The molecule has 146 valence electrons. The predicted octanol–water partition coefficient (Wildman–Crippen LogP) is 3.10. The topological polar surface area (TPSA) is 87.1 Å². The van der Waals surface area contributed by atoms with E-state index in [-0.39, 0.29) is 11.7 Å². The summed E-state index contributed by atoms with van der Waals surface area (Å²) < 4.78 is 9.34. The normalized spacial score (nSPS) is 16.3. The maximum atomic E-state index is 13.4. The molecule has 1 aliphatic heterocycles. The molecule has 0 amide bonds. The van der Waals surface area contributed by atoms with Crippen molar-refractivity contribution in [2.45, 2.75) is 12.5 Å². The Morgan fingerprint density at radius 2 is 1.79 bits per heavy atom. The monoisotopic (exact) mass is 387 g/mol. The number of hydrogen-bond acceptors (Lipinski definition) is 5. The van der Waals surface area contributed by atoms with Gasteiger partial charge < -0.3 is 15.8 Å². The molecule has 1 atom stereocenters. The van der Waals surface area contributed by atoms with Crippen molar-refractivity contribution in [3.63, 3.8) is 0 Å². The fourth-order valence-corrected chi connectivity index (χ4v) is 3.93. The van der Waals surface area contributed by atoms with Gasteiger partial charge in [-0.05, 0) is 55.4 Å². The van der Waals surface area contributed by atoms with E-state index in [9.17, 15) is 4.79 Å². The van der Waals surface area contributed by atoms with E-state index in [1.807, 2.05) is 65.2 Å². The number of pyridine rings is 1. The van der Waals surface area contributed by atoms with Crippen LogP contribution >= 0.6 is 0 Å². The molecule has 1 aliphatic rings. The van der Waals surface area contributed by atoms with Gasteiger partial charge in [0.15, 0.2) is 0 Å². The number of anilines is 1. The lowest BCUT2D eigenvalue weighted by Crippen LogP contribution is -2.27. The number of benzene rings is 2.